The Morgan fingerprint density at radius 1 is 1.30 bits per heavy atom. The molecule has 0 spiro atoms. The minimum absolute atomic E-state index is 0.115. The summed E-state index contributed by atoms with van der Waals surface area (Å²) in [6, 6.07) is 7.92. The summed E-state index contributed by atoms with van der Waals surface area (Å²) in [5, 5.41) is 3.99. The van der Waals surface area contributed by atoms with E-state index in [1.165, 1.54) is 0 Å². The first kappa shape index (κ1) is 17.7. The predicted molar refractivity (Wildman–Crippen MR) is 92.5 cm³/mol. The molecule has 1 unspecified atom stereocenters. The molecule has 0 aliphatic carbocycles. The molecule has 0 fully saturated rings. The van der Waals surface area contributed by atoms with Crippen molar-refractivity contribution in [3.8, 4) is 11.5 Å². The Kier molecular flexibility index (Phi) is 6.37. The third-order valence-corrected chi connectivity index (χ3v) is 3.82. The molecule has 0 radical (unpaired) electrons. The van der Waals surface area contributed by atoms with E-state index in [-0.39, 0.29) is 6.04 Å². The average molecular weight is 338 g/mol. The molecule has 0 bridgehead atoms. The Hall–Kier alpha value is -1.65. The van der Waals surface area contributed by atoms with Gasteiger partial charge in [-0.05, 0) is 50.1 Å². The smallest absolute Gasteiger partial charge is 0.179 e. The van der Waals surface area contributed by atoms with Crippen LogP contribution in [0, 0.1) is 6.92 Å². The minimum Gasteiger partial charge on any atom is -0.493 e. The van der Waals surface area contributed by atoms with E-state index in [1.54, 1.807) is 7.11 Å². The van der Waals surface area contributed by atoms with Gasteiger partial charge in [0.15, 0.2) is 11.5 Å². The molecule has 4 nitrogen and oxygen atoms in total. The lowest BCUT2D eigenvalue weighted by Crippen LogP contribution is -2.17. The Labute approximate surface area is 142 Å². The second kappa shape index (κ2) is 8.27. The molecule has 5 heteroatoms. The monoisotopic (exact) mass is 337 g/mol. The van der Waals surface area contributed by atoms with Crippen molar-refractivity contribution in [2.75, 3.05) is 13.7 Å². The molecule has 1 heterocycles. The van der Waals surface area contributed by atoms with Gasteiger partial charge in [0.05, 0.1) is 24.8 Å². The number of furan rings is 1. The average Bonchev–Trinajstić information content (AvgIpc) is 2.97. The van der Waals surface area contributed by atoms with Crippen molar-refractivity contribution in [2.45, 2.75) is 39.8 Å². The fourth-order valence-electron chi connectivity index (χ4n) is 2.28. The molecule has 23 heavy (non-hydrogen) atoms. The third kappa shape index (κ3) is 4.66. The Morgan fingerprint density at radius 3 is 2.70 bits per heavy atom. The molecule has 0 aliphatic rings. The number of ether oxygens (including phenoxy) is 2. The van der Waals surface area contributed by atoms with Crippen LogP contribution in [0.25, 0.3) is 0 Å². The molecular weight excluding hydrogens is 314 g/mol. The molecule has 1 aromatic heterocycles. The number of hydrogen-bond acceptors (Lipinski definition) is 4. The fourth-order valence-corrected chi connectivity index (χ4v) is 2.57. The van der Waals surface area contributed by atoms with E-state index < -0.39 is 0 Å². The summed E-state index contributed by atoms with van der Waals surface area (Å²) in [5.74, 6) is 3.10. The van der Waals surface area contributed by atoms with E-state index in [4.69, 9.17) is 25.5 Å². The lowest BCUT2D eigenvalue weighted by molar-refractivity contribution is 0.294. The SMILES string of the molecule is CCCOc1c(Cl)cc(CNC(C)c2ccc(C)o2)cc1OC. The van der Waals surface area contributed by atoms with E-state index in [2.05, 4.69) is 19.2 Å². The largest absolute Gasteiger partial charge is 0.493 e. The van der Waals surface area contributed by atoms with Gasteiger partial charge in [0.25, 0.3) is 0 Å². The van der Waals surface area contributed by atoms with Crippen LogP contribution in [0.2, 0.25) is 5.02 Å². The van der Waals surface area contributed by atoms with Crippen LogP contribution in [0.1, 0.15) is 43.4 Å². The van der Waals surface area contributed by atoms with Crippen molar-refractivity contribution in [1.82, 2.24) is 5.32 Å². The summed E-state index contributed by atoms with van der Waals surface area (Å²) in [6.45, 7) is 7.33. The number of nitrogens with one attached hydrogen (secondary N) is 1. The van der Waals surface area contributed by atoms with Crippen molar-refractivity contribution in [3.05, 3.63) is 46.4 Å². The zero-order valence-corrected chi connectivity index (χ0v) is 14.9. The van der Waals surface area contributed by atoms with Crippen LogP contribution in [0.3, 0.4) is 0 Å². The molecule has 0 amide bonds. The normalized spacial score (nSPS) is 12.2. The minimum atomic E-state index is 0.115. The number of hydrogen-bond donors (Lipinski definition) is 1. The fraction of sp³-hybridized carbons (Fsp3) is 0.444. The van der Waals surface area contributed by atoms with Crippen LogP contribution >= 0.6 is 11.6 Å². The highest BCUT2D eigenvalue weighted by Crippen LogP contribution is 2.36. The van der Waals surface area contributed by atoms with Crippen LogP contribution < -0.4 is 14.8 Å². The summed E-state index contributed by atoms with van der Waals surface area (Å²) >= 11 is 6.33. The molecule has 1 aromatic carbocycles. The Balaban J connectivity index is 2.06. The first-order valence-corrected chi connectivity index (χ1v) is 8.21. The quantitative estimate of drug-likeness (QED) is 0.744. The first-order chi connectivity index (χ1) is 11.0. The van der Waals surface area contributed by atoms with Gasteiger partial charge in [-0.1, -0.05) is 18.5 Å². The molecule has 0 aliphatic heterocycles. The third-order valence-electron chi connectivity index (χ3n) is 3.54. The molecule has 1 atom stereocenters. The van der Waals surface area contributed by atoms with Crippen LogP contribution in [-0.2, 0) is 6.54 Å². The summed E-state index contributed by atoms with van der Waals surface area (Å²) < 4.78 is 16.7. The van der Waals surface area contributed by atoms with Crippen LogP contribution in [-0.4, -0.2) is 13.7 Å². The van der Waals surface area contributed by atoms with Crippen molar-refractivity contribution in [2.24, 2.45) is 0 Å². The van der Waals surface area contributed by atoms with E-state index in [0.717, 1.165) is 23.5 Å². The van der Waals surface area contributed by atoms with E-state index >= 15 is 0 Å². The lowest BCUT2D eigenvalue weighted by Gasteiger charge is -2.15. The molecule has 2 rings (SSSR count). The molecular formula is C18H24ClNO3. The van der Waals surface area contributed by atoms with Gasteiger partial charge in [0.1, 0.15) is 11.5 Å². The van der Waals surface area contributed by atoms with Crippen molar-refractivity contribution < 1.29 is 13.9 Å². The Bertz CT molecular complexity index is 639. The zero-order valence-electron chi connectivity index (χ0n) is 14.1. The maximum Gasteiger partial charge on any atom is 0.179 e. The molecule has 2 aromatic rings. The molecule has 0 saturated heterocycles. The molecule has 126 valence electrons. The van der Waals surface area contributed by atoms with Gasteiger partial charge >= 0.3 is 0 Å². The standard InChI is InChI=1S/C18H24ClNO3/c1-5-8-22-18-15(19)9-14(10-17(18)21-4)11-20-13(3)16-7-6-12(2)23-16/h6-7,9-10,13,20H,5,8,11H2,1-4H3. The number of benzene rings is 1. The van der Waals surface area contributed by atoms with E-state index in [0.29, 0.717) is 29.7 Å². The number of aryl methyl sites for hydroxylation is 1. The summed E-state index contributed by atoms with van der Waals surface area (Å²) in [4.78, 5) is 0. The maximum atomic E-state index is 6.33. The summed E-state index contributed by atoms with van der Waals surface area (Å²) in [7, 11) is 1.62. The van der Waals surface area contributed by atoms with Gasteiger partial charge in [0, 0.05) is 6.54 Å². The van der Waals surface area contributed by atoms with Crippen molar-refractivity contribution >= 4 is 11.6 Å². The van der Waals surface area contributed by atoms with Crippen LogP contribution in [0.15, 0.2) is 28.7 Å². The number of halogens is 1. The maximum absolute atomic E-state index is 6.33. The predicted octanol–water partition coefficient (Wildman–Crippen LogP) is 4.89. The Morgan fingerprint density at radius 2 is 2.09 bits per heavy atom. The van der Waals surface area contributed by atoms with Gasteiger partial charge < -0.3 is 19.2 Å². The highest BCUT2D eigenvalue weighted by atomic mass is 35.5. The topological polar surface area (TPSA) is 43.6 Å². The van der Waals surface area contributed by atoms with E-state index in [9.17, 15) is 0 Å². The second-order valence-electron chi connectivity index (χ2n) is 5.51. The first-order valence-electron chi connectivity index (χ1n) is 7.84. The van der Waals surface area contributed by atoms with Gasteiger partial charge in [-0.15, -0.1) is 0 Å². The highest BCUT2D eigenvalue weighted by molar-refractivity contribution is 6.32. The van der Waals surface area contributed by atoms with Crippen molar-refractivity contribution in [3.63, 3.8) is 0 Å². The van der Waals surface area contributed by atoms with Crippen LogP contribution in [0.4, 0.5) is 0 Å². The molecule has 1 N–H and O–H groups in total. The van der Waals surface area contributed by atoms with Gasteiger partial charge in [-0.2, -0.15) is 0 Å². The second-order valence-corrected chi connectivity index (χ2v) is 5.92. The summed E-state index contributed by atoms with van der Waals surface area (Å²) in [6.07, 6.45) is 0.920. The number of methoxy groups -OCH3 is 1. The zero-order chi connectivity index (χ0) is 16.8. The van der Waals surface area contributed by atoms with Crippen molar-refractivity contribution in [1.29, 1.82) is 0 Å². The highest BCUT2D eigenvalue weighted by Gasteiger charge is 2.13. The summed E-state index contributed by atoms with van der Waals surface area (Å²) in [5.41, 5.74) is 1.03. The number of rotatable bonds is 8. The van der Waals surface area contributed by atoms with Gasteiger partial charge in [-0.25, -0.2) is 0 Å². The molecule has 0 saturated carbocycles. The van der Waals surface area contributed by atoms with Gasteiger partial charge in [-0.3, -0.25) is 0 Å². The lowest BCUT2D eigenvalue weighted by atomic mass is 10.1. The van der Waals surface area contributed by atoms with Crippen LogP contribution in [0.5, 0.6) is 11.5 Å². The van der Waals surface area contributed by atoms with Gasteiger partial charge in [0.2, 0.25) is 0 Å². The van der Waals surface area contributed by atoms with E-state index in [1.807, 2.05) is 31.2 Å².